The summed E-state index contributed by atoms with van der Waals surface area (Å²) in [7, 11) is -4.49. The number of esters is 2. The number of hydrogen-bond donors (Lipinski definition) is 5. The minimum Gasteiger partial charge on any atom is -0.462 e. The molecule has 6 N–H and O–H groups in total. The van der Waals surface area contributed by atoms with E-state index >= 15 is 0 Å². The topological polar surface area (TPSA) is 195 Å². The summed E-state index contributed by atoms with van der Waals surface area (Å²) in [5.41, 5.74) is 5.32. The van der Waals surface area contributed by atoms with Crippen molar-refractivity contribution < 1.29 is 52.9 Å². The number of carbonyl (C=O) groups is 2. The molecule has 5 atom stereocenters. The Kier molecular flexibility index (Phi) is 37.8. The van der Waals surface area contributed by atoms with E-state index in [4.69, 9.17) is 24.3 Å². The highest BCUT2D eigenvalue weighted by atomic mass is 31.2. The lowest BCUT2D eigenvalue weighted by Gasteiger charge is -2.20. The van der Waals surface area contributed by atoms with E-state index in [-0.39, 0.29) is 38.8 Å². The second-order valence-electron chi connectivity index (χ2n) is 13.3. The van der Waals surface area contributed by atoms with E-state index in [1.165, 1.54) is 6.08 Å². The average molecular weight is 858 g/mol. The van der Waals surface area contributed by atoms with E-state index in [0.29, 0.717) is 19.3 Å². The van der Waals surface area contributed by atoms with Gasteiger partial charge in [-0.3, -0.25) is 18.6 Å². The van der Waals surface area contributed by atoms with Crippen molar-refractivity contribution in [3.63, 3.8) is 0 Å². The number of rotatable bonds is 36. The Morgan fingerprint density at radius 1 is 0.633 bits per heavy atom. The van der Waals surface area contributed by atoms with Crippen molar-refractivity contribution in [1.82, 2.24) is 0 Å². The van der Waals surface area contributed by atoms with Gasteiger partial charge >= 0.3 is 19.8 Å². The number of ether oxygens (including phenoxy) is 2. The van der Waals surface area contributed by atoms with Gasteiger partial charge in [-0.1, -0.05) is 148 Å². The average Bonchev–Trinajstić information content (AvgIpc) is 3.22. The first-order chi connectivity index (χ1) is 29.0. The molecule has 0 aliphatic rings. The number of carbonyl (C=O) groups excluding carboxylic acids is 2. The van der Waals surface area contributed by atoms with E-state index in [0.717, 1.165) is 38.5 Å². The molecule has 0 spiro atoms. The minimum absolute atomic E-state index is 0.0157. The summed E-state index contributed by atoms with van der Waals surface area (Å²) >= 11 is 0. The molecule has 13 heteroatoms. The number of aliphatic hydroxyl groups is 3. The third kappa shape index (κ3) is 38.2. The van der Waals surface area contributed by atoms with Gasteiger partial charge in [0, 0.05) is 19.4 Å². The van der Waals surface area contributed by atoms with Crippen molar-refractivity contribution in [3.05, 3.63) is 134 Å². The molecular formula is C47H72NO11P. The molecule has 0 rings (SSSR count). The van der Waals surface area contributed by atoms with Gasteiger partial charge in [0.2, 0.25) is 0 Å². The van der Waals surface area contributed by atoms with Gasteiger partial charge in [0.1, 0.15) is 6.61 Å². The van der Waals surface area contributed by atoms with Crippen LogP contribution in [0.15, 0.2) is 134 Å². The maximum atomic E-state index is 12.6. The molecule has 0 radical (unpaired) electrons. The van der Waals surface area contributed by atoms with E-state index in [9.17, 15) is 34.4 Å². The summed E-state index contributed by atoms with van der Waals surface area (Å²) in [5.74, 6) is -1.28. The molecule has 1 unspecified atom stereocenters. The van der Waals surface area contributed by atoms with Crippen molar-refractivity contribution >= 4 is 19.8 Å². The molecule has 0 amide bonds. The molecule has 0 saturated heterocycles. The lowest BCUT2D eigenvalue weighted by atomic mass is 10.1. The zero-order valence-electron chi connectivity index (χ0n) is 35.7. The molecule has 0 aromatic rings. The Balaban J connectivity index is 4.65. The predicted molar refractivity (Wildman–Crippen MR) is 242 cm³/mol. The minimum atomic E-state index is -4.49. The number of allylic oxidation sites excluding steroid dienone is 19. The number of aliphatic hydroxyl groups excluding tert-OH is 3. The van der Waals surface area contributed by atoms with E-state index in [2.05, 4.69) is 61.6 Å². The second-order valence-corrected chi connectivity index (χ2v) is 14.8. The van der Waals surface area contributed by atoms with Crippen LogP contribution >= 0.6 is 7.82 Å². The monoisotopic (exact) mass is 857 g/mol. The first kappa shape index (κ1) is 56.0. The Hall–Kier alpha value is -3.97. The molecule has 0 aliphatic heterocycles. The van der Waals surface area contributed by atoms with Crippen molar-refractivity contribution in [3.8, 4) is 0 Å². The predicted octanol–water partition coefficient (Wildman–Crippen LogP) is 8.85. The molecule has 0 aromatic carbocycles. The summed E-state index contributed by atoms with van der Waals surface area (Å²) in [5, 5.41) is 30.4. The van der Waals surface area contributed by atoms with Crippen LogP contribution < -0.4 is 5.73 Å². The van der Waals surface area contributed by atoms with Crippen LogP contribution in [0, 0.1) is 0 Å². The third-order valence-electron chi connectivity index (χ3n) is 7.89. The molecule has 0 aromatic heterocycles. The first-order valence-electron chi connectivity index (χ1n) is 21.0. The largest absolute Gasteiger partial charge is 0.472 e. The Morgan fingerprint density at radius 3 is 1.72 bits per heavy atom. The number of hydrogen-bond acceptors (Lipinski definition) is 11. The van der Waals surface area contributed by atoms with Crippen molar-refractivity contribution in [1.29, 1.82) is 0 Å². The van der Waals surface area contributed by atoms with E-state index in [1.54, 1.807) is 42.5 Å². The standard InChI is InChI=1S/C47H72NO11P/c1-3-5-7-8-9-10-11-12-13-14-15-16-17-18-19-20-21-26-30-36-47(53)59-43(41-58-60(54,55)57-39-38-48)40-56-46(52)37-31-35-45(51)44(50)34-29-25-23-22-24-28-33-42(49)32-27-6-4-2/h5-7,9-10,12-13,15-16,18-19,21-29,33-34,42-45,49-51H,3-4,8,11,14,17,20,30-32,35-41,48H2,1-2H3,(H,54,55)/b7-5-,10-9-,13-12-,16-15-,19-18-,24-22+,25-23-,26-21-,27-6-,33-28+,34-29-/t42-,43-,44+,45+/m1/s1. The maximum Gasteiger partial charge on any atom is 0.472 e. The second kappa shape index (κ2) is 40.4. The molecule has 12 nitrogen and oxygen atoms in total. The van der Waals surface area contributed by atoms with Crippen molar-refractivity contribution in [2.24, 2.45) is 5.73 Å². The van der Waals surface area contributed by atoms with Crippen LogP contribution in [0.25, 0.3) is 0 Å². The SMILES string of the molecule is CC/C=C\C/C=C\C/C=C\C/C=C\C/C=C\C/C=C\CCC(=O)O[C@H](COC(=O)CCC[C@H](O)[C@@H](O)\C=C/C=C\C=C\C=C\[C@H](O)C/C=C\CC)COP(=O)(O)OCCN. The Labute approximate surface area is 359 Å². The van der Waals surface area contributed by atoms with Crippen LogP contribution in [0.1, 0.15) is 97.3 Å². The summed E-state index contributed by atoms with van der Waals surface area (Å²) in [6, 6.07) is 0. The van der Waals surface area contributed by atoms with E-state index in [1.807, 2.05) is 37.3 Å². The summed E-state index contributed by atoms with van der Waals surface area (Å²) in [4.78, 5) is 34.9. The number of nitrogens with two attached hydrogens (primary N) is 1. The highest BCUT2D eigenvalue weighted by molar-refractivity contribution is 7.47. The van der Waals surface area contributed by atoms with Gasteiger partial charge < -0.3 is 35.4 Å². The fraction of sp³-hybridized carbons (Fsp3) is 0.489. The molecule has 0 heterocycles. The van der Waals surface area contributed by atoms with Gasteiger partial charge in [-0.2, -0.15) is 0 Å². The quantitative estimate of drug-likeness (QED) is 0.0174. The van der Waals surface area contributed by atoms with Crippen LogP contribution in [0.3, 0.4) is 0 Å². The lowest BCUT2D eigenvalue weighted by Crippen LogP contribution is -2.29. The molecule has 60 heavy (non-hydrogen) atoms. The smallest absolute Gasteiger partial charge is 0.462 e. The fourth-order valence-electron chi connectivity index (χ4n) is 4.70. The highest BCUT2D eigenvalue weighted by Gasteiger charge is 2.26. The van der Waals surface area contributed by atoms with Crippen LogP contribution in [-0.4, -0.2) is 82.9 Å². The van der Waals surface area contributed by atoms with Gasteiger partial charge in [-0.15, -0.1) is 0 Å². The number of phosphoric ester groups is 1. The fourth-order valence-corrected chi connectivity index (χ4v) is 5.47. The van der Waals surface area contributed by atoms with Gasteiger partial charge in [0.25, 0.3) is 0 Å². The molecule has 0 saturated carbocycles. The van der Waals surface area contributed by atoms with Gasteiger partial charge in [-0.05, 0) is 70.6 Å². The first-order valence-corrected chi connectivity index (χ1v) is 22.5. The number of phosphoric acid groups is 1. The van der Waals surface area contributed by atoms with E-state index < -0.39 is 57.4 Å². The van der Waals surface area contributed by atoms with Gasteiger partial charge in [0.05, 0.1) is 31.5 Å². The Morgan fingerprint density at radius 2 is 1.15 bits per heavy atom. The molecule has 0 aliphatic carbocycles. The zero-order chi connectivity index (χ0) is 44.4. The maximum absolute atomic E-state index is 12.6. The molecule has 0 bridgehead atoms. The lowest BCUT2D eigenvalue weighted by molar-refractivity contribution is -0.161. The molecular weight excluding hydrogens is 785 g/mol. The summed E-state index contributed by atoms with van der Waals surface area (Å²) in [6.45, 7) is 2.89. The van der Waals surface area contributed by atoms with Crippen LogP contribution in [0.2, 0.25) is 0 Å². The zero-order valence-corrected chi connectivity index (χ0v) is 36.6. The van der Waals surface area contributed by atoms with Gasteiger partial charge in [0.15, 0.2) is 6.10 Å². The van der Waals surface area contributed by atoms with Crippen molar-refractivity contribution in [2.75, 3.05) is 26.4 Å². The summed E-state index contributed by atoms with van der Waals surface area (Å²) < 4.78 is 32.4. The van der Waals surface area contributed by atoms with Crippen molar-refractivity contribution in [2.45, 2.75) is 122 Å². The van der Waals surface area contributed by atoms with Crippen LogP contribution in [0.4, 0.5) is 0 Å². The third-order valence-corrected chi connectivity index (χ3v) is 8.87. The van der Waals surface area contributed by atoms with Gasteiger partial charge in [-0.25, -0.2) is 4.57 Å². The van der Waals surface area contributed by atoms with Crippen LogP contribution in [0.5, 0.6) is 0 Å². The highest BCUT2D eigenvalue weighted by Crippen LogP contribution is 2.43. The molecule has 0 fully saturated rings. The summed E-state index contributed by atoms with van der Waals surface area (Å²) in [6.07, 6.45) is 45.9. The normalized spacial score (nSPS) is 16.2. The Bertz CT molecular complexity index is 1490. The van der Waals surface area contributed by atoms with Crippen LogP contribution in [-0.2, 0) is 32.7 Å². The molecule has 336 valence electrons.